The van der Waals surface area contributed by atoms with Crippen molar-refractivity contribution in [1.82, 2.24) is 20.8 Å². The maximum absolute atomic E-state index is 4.16. The molecule has 0 unspecified atom stereocenters. The van der Waals surface area contributed by atoms with Gasteiger partial charge in [-0.2, -0.15) is 5.10 Å². The summed E-state index contributed by atoms with van der Waals surface area (Å²) in [6, 6.07) is 12.1. The van der Waals surface area contributed by atoms with Gasteiger partial charge in [0.1, 0.15) is 0 Å². The van der Waals surface area contributed by atoms with Crippen LogP contribution in [0.3, 0.4) is 0 Å². The minimum absolute atomic E-state index is 0.675. The monoisotopic (exact) mass is 243 g/mol. The lowest BCUT2D eigenvalue weighted by Gasteiger charge is -2.11. The Balaban J connectivity index is 1.79. The zero-order valence-corrected chi connectivity index (χ0v) is 10.4. The highest BCUT2D eigenvalue weighted by atomic mass is 15.2. The van der Waals surface area contributed by atoms with E-state index in [1.807, 2.05) is 24.3 Å². The van der Waals surface area contributed by atoms with E-state index in [1.54, 1.807) is 13.2 Å². The molecule has 1 heterocycles. The number of H-pyrrole nitrogens is 1. The standard InChI is InChI=1S/C13H17N5/c1-14-13(16-10-12-7-8-17-18-12)15-9-11-5-3-2-4-6-11/h2-8H,9-10H2,1H3,(H,17,18)(H2,14,15,16). The predicted octanol–water partition coefficient (Wildman–Crippen LogP) is 1.27. The van der Waals surface area contributed by atoms with Gasteiger partial charge in [0.05, 0.1) is 12.2 Å². The Morgan fingerprint density at radius 2 is 1.94 bits per heavy atom. The molecule has 0 amide bonds. The topological polar surface area (TPSA) is 65.1 Å². The molecule has 0 atom stereocenters. The summed E-state index contributed by atoms with van der Waals surface area (Å²) >= 11 is 0. The molecule has 1 aromatic carbocycles. The number of hydrogen-bond donors (Lipinski definition) is 3. The average Bonchev–Trinajstić information content (AvgIpc) is 2.93. The quantitative estimate of drug-likeness (QED) is 0.560. The minimum Gasteiger partial charge on any atom is -0.352 e. The van der Waals surface area contributed by atoms with Crippen molar-refractivity contribution in [3.8, 4) is 0 Å². The van der Waals surface area contributed by atoms with Gasteiger partial charge < -0.3 is 10.6 Å². The Hall–Kier alpha value is -2.30. The van der Waals surface area contributed by atoms with E-state index in [0.717, 1.165) is 18.2 Å². The van der Waals surface area contributed by atoms with Crippen LogP contribution >= 0.6 is 0 Å². The van der Waals surface area contributed by atoms with Gasteiger partial charge >= 0.3 is 0 Å². The highest BCUT2D eigenvalue weighted by molar-refractivity contribution is 5.79. The van der Waals surface area contributed by atoms with Crippen LogP contribution in [0, 0.1) is 0 Å². The Morgan fingerprint density at radius 3 is 2.61 bits per heavy atom. The summed E-state index contributed by atoms with van der Waals surface area (Å²) in [6.07, 6.45) is 1.73. The third-order valence-corrected chi connectivity index (χ3v) is 2.53. The smallest absolute Gasteiger partial charge is 0.191 e. The third kappa shape index (κ3) is 3.62. The fraction of sp³-hybridized carbons (Fsp3) is 0.231. The van der Waals surface area contributed by atoms with Crippen LogP contribution in [0.2, 0.25) is 0 Å². The number of nitrogens with one attached hydrogen (secondary N) is 3. The number of guanidine groups is 1. The van der Waals surface area contributed by atoms with E-state index in [0.29, 0.717) is 6.54 Å². The molecule has 1 aromatic heterocycles. The highest BCUT2D eigenvalue weighted by Gasteiger charge is 1.99. The van der Waals surface area contributed by atoms with Crippen LogP contribution in [0.4, 0.5) is 0 Å². The van der Waals surface area contributed by atoms with Crippen molar-refractivity contribution < 1.29 is 0 Å². The number of aromatic nitrogens is 2. The normalized spacial score (nSPS) is 11.3. The van der Waals surface area contributed by atoms with Crippen molar-refractivity contribution in [2.75, 3.05) is 7.05 Å². The maximum atomic E-state index is 4.16. The number of aliphatic imine (C=N–C) groups is 1. The second-order valence-corrected chi connectivity index (χ2v) is 3.85. The average molecular weight is 243 g/mol. The summed E-state index contributed by atoms with van der Waals surface area (Å²) < 4.78 is 0. The Kier molecular flexibility index (Phi) is 4.35. The molecule has 0 aliphatic carbocycles. The number of benzene rings is 1. The van der Waals surface area contributed by atoms with Gasteiger partial charge in [-0.1, -0.05) is 30.3 Å². The van der Waals surface area contributed by atoms with Crippen LogP contribution < -0.4 is 10.6 Å². The number of hydrogen-bond acceptors (Lipinski definition) is 2. The lowest BCUT2D eigenvalue weighted by atomic mass is 10.2. The lowest BCUT2D eigenvalue weighted by Crippen LogP contribution is -2.36. The number of rotatable bonds is 4. The van der Waals surface area contributed by atoms with Crippen molar-refractivity contribution in [2.45, 2.75) is 13.1 Å². The molecule has 0 fully saturated rings. The predicted molar refractivity (Wildman–Crippen MR) is 72.1 cm³/mol. The van der Waals surface area contributed by atoms with E-state index >= 15 is 0 Å². The van der Waals surface area contributed by atoms with Gasteiger partial charge in [-0.05, 0) is 11.6 Å². The van der Waals surface area contributed by atoms with Crippen molar-refractivity contribution in [3.05, 3.63) is 53.9 Å². The molecule has 2 rings (SSSR count). The highest BCUT2D eigenvalue weighted by Crippen LogP contribution is 1.97. The molecule has 0 spiro atoms. The van der Waals surface area contributed by atoms with Crippen LogP contribution in [-0.4, -0.2) is 23.2 Å². The Bertz CT molecular complexity index is 475. The van der Waals surface area contributed by atoms with Gasteiger partial charge in [-0.3, -0.25) is 10.1 Å². The SMILES string of the molecule is CN=C(NCc1ccccc1)NCc1ccn[nH]1. The van der Waals surface area contributed by atoms with E-state index in [2.05, 4.69) is 38.0 Å². The molecule has 0 saturated heterocycles. The van der Waals surface area contributed by atoms with Crippen LogP contribution in [0.15, 0.2) is 47.6 Å². The van der Waals surface area contributed by atoms with Gasteiger partial charge in [0.25, 0.3) is 0 Å². The lowest BCUT2D eigenvalue weighted by molar-refractivity contribution is 0.790. The van der Waals surface area contributed by atoms with Crippen molar-refractivity contribution in [1.29, 1.82) is 0 Å². The van der Waals surface area contributed by atoms with Gasteiger partial charge in [-0.25, -0.2) is 0 Å². The summed E-state index contributed by atoms with van der Waals surface area (Å²) in [6.45, 7) is 1.43. The first-order chi connectivity index (χ1) is 8.88. The molecule has 5 nitrogen and oxygen atoms in total. The first kappa shape index (κ1) is 12.2. The molecule has 18 heavy (non-hydrogen) atoms. The van der Waals surface area contributed by atoms with E-state index in [1.165, 1.54) is 5.56 Å². The number of aromatic amines is 1. The van der Waals surface area contributed by atoms with Crippen LogP contribution in [0.5, 0.6) is 0 Å². The molecule has 5 heteroatoms. The van der Waals surface area contributed by atoms with Crippen molar-refractivity contribution in [3.63, 3.8) is 0 Å². The molecular formula is C13H17N5. The molecule has 0 saturated carbocycles. The minimum atomic E-state index is 0.675. The van der Waals surface area contributed by atoms with Gasteiger partial charge in [0.15, 0.2) is 5.96 Å². The maximum Gasteiger partial charge on any atom is 0.191 e. The second kappa shape index (κ2) is 6.44. The van der Waals surface area contributed by atoms with Crippen LogP contribution in [-0.2, 0) is 13.1 Å². The molecule has 0 aliphatic rings. The first-order valence-corrected chi connectivity index (χ1v) is 5.85. The van der Waals surface area contributed by atoms with Crippen LogP contribution in [0.1, 0.15) is 11.3 Å². The fourth-order valence-corrected chi connectivity index (χ4v) is 1.56. The summed E-state index contributed by atoms with van der Waals surface area (Å²) in [4.78, 5) is 4.16. The molecule has 0 radical (unpaired) electrons. The zero-order valence-electron chi connectivity index (χ0n) is 10.4. The fourth-order valence-electron chi connectivity index (χ4n) is 1.56. The molecule has 0 bridgehead atoms. The Morgan fingerprint density at radius 1 is 1.17 bits per heavy atom. The molecule has 94 valence electrons. The Labute approximate surface area is 106 Å². The van der Waals surface area contributed by atoms with Gasteiger partial charge in [-0.15, -0.1) is 0 Å². The summed E-state index contributed by atoms with van der Waals surface area (Å²) in [5, 5.41) is 13.3. The van der Waals surface area contributed by atoms with Gasteiger partial charge in [0, 0.05) is 19.8 Å². The number of nitrogens with zero attached hydrogens (tertiary/aromatic N) is 2. The molecule has 3 N–H and O–H groups in total. The summed E-state index contributed by atoms with van der Waals surface area (Å²) in [5.41, 5.74) is 2.25. The molecule has 2 aromatic rings. The van der Waals surface area contributed by atoms with E-state index in [-0.39, 0.29) is 0 Å². The van der Waals surface area contributed by atoms with E-state index < -0.39 is 0 Å². The van der Waals surface area contributed by atoms with E-state index in [9.17, 15) is 0 Å². The third-order valence-electron chi connectivity index (χ3n) is 2.53. The summed E-state index contributed by atoms with van der Waals surface area (Å²) in [7, 11) is 1.76. The van der Waals surface area contributed by atoms with E-state index in [4.69, 9.17) is 0 Å². The largest absolute Gasteiger partial charge is 0.352 e. The van der Waals surface area contributed by atoms with Gasteiger partial charge in [0.2, 0.25) is 0 Å². The molecular weight excluding hydrogens is 226 g/mol. The first-order valence-electron chi connectivity index (χ1n) is 5.85. The van der Waals surface area contributed by atoms with Crippen molar-refractivity contribution in [2.24, 2.45) is 4.99 Å². The zero-order chi connectivity index (χ0) is 12.6. The summed E-state index contributed by atoms with van der Waals surface area (Å²) in [5.74, 6) is 0.772. The molecule has 0 aliphatic heterocycles. The van der Waals surface area contributed by atoms with Crippen molar-refractivity contribution >= 4 is 5.96 Å². The second-order valence-electron chi connectivity index (χ2n) is 3.85. The van der Waals surface area contributed by atoms with Crippen LogP contribution in [0.25, 0.3) is 0 Å².